The van der Waals surface area contributed by atoms with Crippen molar-refractivity contribution in [3.05, 3.63) is 82.4 Å². The fourth-order valence-electron chi connectivity index (χ4n) is 3.11. The van der Waals surface area contributed by atoms with E-state index in [9.17, 15) is 33.2 Å². The molecule has 0 bridgehead atoms. The first kappa shape index (κ1) is 23.7. The largest absolute Gasteiger partial charge is 0.457 e. The maximum Gasteiger partial charge on any atom is 0.424 e. The van der Waals surface area contributed by atoms with Crippen LogP contribution in [0.5, 0.6) is 11.5 Å². The van der Waals surface area contributed by atoms with Crippen LogP contribution in [0.4, 0.5) is 18.9 Å². The Morgan fingerprint density at radius 1 is 1.24 bits per heavy atom. The van der Waals surface area contributed by atoms with Crippen LogP contribution in [-0.2, 0) is 12.6 Å². The van der Waals surface area contributed by atoms with Crippen LogP contribution in [0.25, 0.3) is 0 Å². The van der Waals surface area contributed by atoms with Crippen LogP contribution in [-0.4, -0.2) is 38.2 Å². The number of para-hydroxylation sites is 1. The molecular weight excluding hydrogens is 445 g/mol. The third kappa shape index (κ3) is 5.12. The maximum absolute atomic E-state index is 13.6. The zero-order valence-electron chi connectivity index (χ0n) is 17.2. The van der Waals surface area contributed by atoms with Crippen molar-refractivity contribution in [2.24, 2.45) is 7.05 Å². The standard InChI is InChI=1S/C21H19F3N4O5/c1-27-12-11-26-19(27)20(30,21(22,23)24)9-10-25-18(29)16-13-14(28(31)32)7-8-17(16)33-15-5-3-2-4-6-15/h2-8,11-13,30H,9-10H2,1H3,(H,25,29). The molecule has 12 heteroatoms. The van der Waals surface area contributed by atoms with Gasteiger partial charge in [0.25, 0.3) is 11.6 Å². The van der Waals surface area contributed by atoms with Gasteiger partial charge in [-0.3, -0.25) is 14.9 Å². The van der Waals surface area contributed by atoms with Crippen LogP contribution in [0, 0.1) is 10.1 Å². The number of imidazole rings is 1. The number of benzene rings is 2. The number of aliphatic hydroxyl groups is 1. The normalized spacial score (nSPS) is 13.2. The van der Waals surface area contributed by atoms with Crippen LogP contribution in [0.2, 0.25) is 0 Å². The summed E-state index contributed by atoms with van der Waals surface area (Å²) in [6.07, 6.45) is -3.64. The summed E-state index contributed by atoms with van der Waals surface area (Å²) in [5.74, 6) is -1.22. The SMILES string of the molecule is Cn1ccnc1C(O)(CCNC(=O)c1cc([N+](=O)[O-])ccc1Oc1ccccc1)C(F)(F)F. The van der Waals surface area contributed by atoms with Gasteiger partial charge in [0.05, 0.1) is 10.5 Å². The molecule has 33 heavy (non-hydrogen) atoms. The molecule has 1 amide bonds. The van der Waals surface area contributed by atoms with Crippen molar-refractivity contribution in [3.63, 3.8) is 0 Å². The lowest BCUT2D eigenvalue weighted by Crippen LogP contribution is -2.46. The number of ether oxygens (including phenoxy) is 1. The Morgan fingerprint density at radius 2 is 1.94 bits per heavy atom. The molecule has 9 nitrogen and oxygen atoms in total. The van der Waals surface area contributed by atoms with Gasteiger partial charge >= 0.3 is 6.18 Å². The number of non-ortho nitro benzene ring substituents is 1. The first-order valence-electron chi connectivity index (χ1n) is 9.59. The third-order valence-electron chi connectivity index (χ3n) is 4.82. The van der Waals surface area contributed by atoms with Crippen LogP contribution in [0.3, 0.4) is 0 Å². The summed E-state index contributed by atoms with van der Waals surface area (Å²) in [4.78, 5) is 26.7. The van der Waals surface area contributed by atoms with E-state index >= 15 is 0 Å². The summed E-state index contributed by atoms with van der Waals surface area (Å²) >= 11 is 0. The number of hydrogen-bond acceptors (Lipinski definition) is 6. The molecule has 3 aromatic rings. The van der Waals surface area contributed by atoms with Crippen molar-refractivity contribution < 1.29 is 32.7 Å². The monoisotopic (exact) mass is 464 g/mol. The second-order valence-electron chi connectivity index (χ2n) is 7.08. The Hall–Kier alpha value is -3.93. The summed E-state index contributed by atoms with van der Waals surface area (Å²) in [6, 6.07) is 11.6. The number of aromatic nitrogens is 2. The number of hydrogen-bond donors (Lipinski definition) is 2. The average Bonchev–Trinajstić information content (AvgIpc) is 3.20. The zero-order chi connectivity index (χ0) is 24.2. The van der Waals surface area contributed by atoms with E-state index in [1.807, 2.05) is 0 Å². The number of alkyl halides is 3. The zero-order valence-corrected chi connectivity index (χ0v) is 17.2. The second-order valence-corrected chi connectivity index (χ2v) is 7.08. The molecule has 0 aliphatic heterocycles. The van der Waals surface area contributed by atoms with E-state index in [4.69, 9.17) is 4.74 Å². The summed E-state index contributed by atoms with van der Waals surface area (Å²) < 4.78 is 47.5. The number of carbonyl (C=O) groups excluding carboxylic acids is 1. The number of nitro benzene ring substituents is 1. The van der Waals surface area contributed by atoms with Crippen molar-refractivity contribution in [3.8, 4) is 11.5 Å². The maximum atomic E-state index is 13.6. The molecule has 0 spiro atoms. The number of carbonyl (C=O) groups is 1. The molecule has 1 atom stereocenters. The van der Waals surface area contributed by atoms with Gasteiger partial charge in [-0.1, -0.05) is 18.2 Å². The van der Waals surface area contributed by atoms with E-state index in [0.717, 1.165) is 22.9 Å². The van der Waals surface area contributed by atoms with Crippen LogP contribution in [0.15, 0.2) is 60.9 Å². The second kappa shape index (κ2) is 9.28. The molecule has 1 heterocycles. The van der Waals surface area contributed by atoms with Gasteiger partial charge in [-0.05, 0) is 18.2 Å². The van der Waals surface area contributed by atoms with E-state index in [2.05, 4.69) is 10.3 Å². The lowest BCUT2D eigenvalue weighted by atomic mass is 9.97. The molecular formula is C21H19F3N4O5. The van der Waals surface area contributed by atoms with Crippen molar-refractivity contribution in [2.45, 2.75) is 18.2 Å². The molecule has 0 radical (unpaired) electrons. The predicted molar refractivity (Wildman–Crippen MR) is 110 cm³/mol. The number of aryl methyl sites for hydroxylation is 1. The van der Waals surface area contributed by atoms with Crippen molar-refractivity contribution in [1.82, 2.24) is 14.9 Å². The van der Waals surface area contributed by atoms with E-state index in [1.54, 1.807) is 30.3 Å². The number of nitro groups is 1. The topological polar surface area (TPSA) is 120 Å². The van der Waals surface area contributed by atoms with Gasteiger partial charge in [0, 0.05) is 44.5 Å². The summed E-state index contributed by atoms with van der Waals surface area (Å²) in [5.41, 5.74) is -3.97. The lowest BCUT2D eigenvalue weighted by molar-refractivity contribution is -0.384. The first-order chi connectivity index (χ1) is 15.5. The molecule has 0 fully saturated rings. The number of nitrogens with one attached hydrogen (secondary N) is 1. The van der Waals surface area contributed by atoms with Gasteiger partial charge in [0.2, 0.25) is 5.60 Å². The quantitative estimate of drug-likeness (QED) is 0.388. The molecule has 0 aliphatic rings. The van der Waals surface area contributed by atoms with Crippen molar-refractivity contribution in [1.29, 1.82) is 0 Å². The van der Waals surface area contributed by atoms with Crippen molar-refractivity contribution >= 4 is 11.6 Å². The van der Waals surface area contributed by atoms with Gasteiger partial charge in [-0.2, -0.15) is 13.2 Å². The minimum absolute atomic E-state index is 0.0283. The number of rotatable bonds is 8. The van der Waals surface area contributed by atoms with Crippen LogP contribution < -0.4 is 10.1 Å². The fraction of sp³-hybridized carbons (Fsp3) is 0.238. The molecule has 174 valence electrons. The number of halogens is 3. The Kier molecular flexibility index (Phi) is 6.68. The molecule has 1 unspecified atom stereocenters. The molecule has 3 rings (SSSR count). The minimum atomic E-state index is -5.07. The third-order valence-corrected chi connectivity index (χ3v) is 4.82. The van der Waals surface area contributed by atoms with E-state index in [1.165, 1.54) is 19.3 Å². The van der Waals surface area contributed by atoms with E-state index < -0.39 is 47.1 Å². The molecule has 0 aliphatic carbocycles. The van der Waals surface area contributed by atoms with Crippen LogP contribution in [0.1, 0.15) is 22.6 Å². The van der Waals surface area contributed by atoms with Gasteiger partial charge in [0.1, 0.15) is 17.3 Å². The first-order valence-corrected chi connectivity index (χ1v) is 9.59. The summed E-state index contributed by atoms with van der Waals surface area (Å²) in [7, 11) is 1.30. The molecule has 0 saturated carbocycles. The highest BCUT2D eigenvalue weighted by atomic mass is 19.4. The smallest absolute Gasteiger partial charge is 0.424 e. The van der Waals surface area contributed by atoms with Crippen molar-refractivity contribution in [2.75, 3.05) is 6.54 Å². The van der Waals surface area contributed by atoms with Gasteiger partial charge in [-0.15, -0.1) is 0 Å². The van der Waals surface area contributed by atoms with Gasteiger partial charge in [0.15, 0.2) is 0 Å². The molecule has 2 aromatic carbocycles. The molecule has 1 aromatic heterocycles. The lowest BCUT2D eigenvalue weighted by Gasteiger charge is -2.30. The highest BCUT2D eigenvalue weighted by Crippen LogP contribution is 2.40. The highest BCUT2D eigenvalue weighted by molar-refractivity contribution is 5.97. The fourth-order valence-corrected chi connectivity index (χ4v) is 3.11. The van der Waals surface area contributed by atoms with Gasteiger partial charge < -0.3 is 19.7 Å². The van der Waals surface area contributed by atoms with Crippen LogP contribution >= 0.6 is 0 Å². The Labute approximate surface area is 185 Å². The Balaban J connectivity index is 1.82. The number of amides is 1. The average molecular weight is 464 g/mol. The number of nitrogens with zero attached hydrogens (tertiary/aromatic N) is 3. The Bertz CT molecular complexity index is 1150. The molecule has 2 N–H and O–H groups in total. The van der Waals surface area contributed by atoms with E-state index in [0.29, 0.717) is 5.75 Å². The van der Waals surface area contributed by atoms with E-state index in [-0.39, 0.29) is 11.3 Å². The predicted octanol–water partition coefficient (Wildman–Crippen LogP) is 3.69. The molecule has 0 saturated heterocycles. The Morgan fingerprint density at radius 3 is 2.52 bits per heavy atom. The summed E-state index contributed by atoms with van der Waals surface area (Å²) in [6.45, 7) is -0.602. The highest BCUT2D eigenvalue weighted by Gasteiger charge is 2.57. The minimum Gasteiger partial charge on any atom is -0.457 e. The van der Waals surface area contributed by atoms with Gasteiger partial charge in [-0.25, -0.2) is 4.98 Å². The summed E-state index contributed by atoms with van der Waals surface area (Å²) in [5, 5.41) is 23.8.